The number of benzene rings is 1. The van der Waals surface area contributed by atoms with E-state index in [0.29, 0.717) is 32.1 Å². The third kappa shape index (κ3) is 4.31. The quantitative estimate of drug-likeness (QED) is 0.730. The molecule has 1 aromatic rings. The molecule has 1 aliphatic heterocycles. The molecule has 6 heteroatoms. The van der Waals surface area contributed by atoms with Gasteiger partial charge >= 0.3 is 0 Å². The number of amides is 1. The standard InChI is InChI=1S/C14H20N2O4/c1-18-6-2-5-15-14(17)10-16-11-3-4-12-13(9-11)20-8-7-19-12/h3-4,9,16H,2,5-8,10H2,1H3,(H,15,17). The number of methoxy groups -OCH3 is 1. The number of fused-ring (bicyclic) bond motifs is 1. The molecule has 1 aliphatic rings. The summed E-state index contributed by atoms with van der Waals surface area (Å²) in [6.07, 6.45) is 0.812. The zero-order chi connectivity index (χ0) is 14.2. The fourth-order valence-corrected chi connectivity index (χ4v) is 1.84. The Kier molecular flexibility index (Phi) is 5.49. The summed E-state index contributed by atoms with van der Waals surface area (Å²) in [6.45, 7) is 2.62. The summed E-state index contributed by atoms with van der Waals surface area (Å²) >= 11 is 0. The number of nitrogens with one attached hydrogen (secondary N) is 2. The van der Waals surface area contributed by atoms with Gasteiger partial charge < -0.3 is 24.8 Å². The van der Waals surface area contributed by atoms with Gasteiger partial charge in [0.1, 0.15) is 13.2 Å². The molecule has 1 amide bonds. The molecule has 1 aromatic carbocycles. The maximum Gasteiger partial charge on any atom is 0.239 e. The van der Waals surface area contributed by atoms with Crippen molar-refractivity contribution >= 4 is 11.6 Å². The lowest BCUT2D eigenvalue weighted by Crippen LogP contribution is -2.31. The summed E-state index contributed by atoms with van der Waals surface area (Å²) in [5.74, 6) is 1.41. The van der Waals surface area contributed by atoms with E-state index in [1.54, 1.807) is 7.11 Å². The maximum absolute atomic E-state index is 11.6. The van der Waals surface area contributed by atoms with E-state index >= 15 is 0 Å². The lowest BCUT2D eigenvalue weighted by Gasteiger charge is -2.19. The van der Waals surface area contributed by atoms with Gasteiger partial charge in [-0.05, 0) is 18.6 Å². The van der Waals surface area contributed by atoms with Gasteiger partial charge in [0.2, 0.25) is 5.91 Å². The molecule has 110 valence electrons. The molecular formula is C14H20N2O4. The predicted octanol–water partition coefficient (Wildman–Crippen LogP) is 1.02. The molecule has 0 aliphatic carbocycles. The summed E-state index contributed by atoms with van der Waals surface area (Å²) in [6, 6.07) is 5.55. The van der Waals surface area contributed by atoms with Gasteiger partial charge in [-0.1, -0.05) is 0 Å². The molecule has 0 atom stereocenters. The minimum absolute atomic E-state index is 0.0454. The van der Waals surface area contributed by atoms with E-state index in [2.05, 4.69) is 10.6 Å². The van der Waals surface area contributed by atoms with Crippen LogP contribution in [0.2, 0.25) is 0 Å². The lowest BCUT2D eigenvalue weighted by atomic mass is 10.2. The van der Waals surface area contributed by atoms with Crippen molar-refractivity contribution in [2.75, 3.05) is 45.3 Å². The Morgan fingerprint density at radius 2 is 2.10 bits per heavy atom. The van der Waals surface area contributed by atoms with Crippen LogP contribution in [0.5, 0.6) is 11.5 Å². The second kappa shape index (κ2) is 7.59. The van der Waals surface area contributed by atoms with Crippen molar-refractivity contribution < 1.29 is 19.0 Å². The molecule has 0 unspecified atom stereocenters. The summed E-state index contributed by atoms with van der Waals surface area (Å²) in [5.41, 5.74) is 0.835. The van der Waals surface area contributed by atoms with Crippen LogP contribution in [-0.4, -0.2) is 45.9 Å². The van der Waals surface area contributed by atoms with Crippen molar-refractivity contribution in [2.24, 2.45) is 0 Å². The molecule has 0 fully saturated rings. The van der Waals surface area contributed by atoms with E-state index in [0.717, 1.165) is 17.9 Å². The molecule has 0 saturated carbocycles. The monoisotopic (exact) mass is 280 g/mol. The van der Waals surface area contributed by atoms with Crippen LogP contribution in [0.4, 0.5) is 5.69 Å². The lowest BCUT2D eigenvalue weighted by molar-refractivity contribution is -0.119. The number of anilines is 1. The summed E-state index contributed by atoms with van der Waals surface area (Å²) in [5, 5.41) is 5.87. The number of hydrogen-bond acceptors (Lipinski definition) is 5. The molecule has 2 rings (SSSR count). The maximum atomic E-state index is 11.6. The summed E-state index contributed by atoms with van der Waals surface area (Å²) in [4.78, 5) is 11.6. The van der Waals surface area contributed by atoms with Crippen LogP contribution in [0.15, 0.2) is 18.2 Å². The number of carbonyl (C=O) groups is 1. The van der Waals surface area contributed by atoms with Crippen LogP contribution >= 0.6 is 0 Å². The second-order valence-electron chi connectivity index (χ2n) is 4.41. The highest BCUT2D eigenvalue weighted by Crippen LogP contribution is 2.32. The van der Waals surface area contributed by atoms with Gasteiger partial charge in [0.15, 0.2) is 11.5 Å². The van der Waals surface area contributed by atoms with Crippen molar-refractivity contribution in [1.29, 1.82) is 0 Å². The molecular weight excluding hydrogens is 260 g/mol. The molecule has 0 aromatic heterocycles. The average molecular weight is 280 g/mol. The highest BCUT2D eigenvalue weighted by molar-refractivity contribution is 5.80. The van der Waals surface area contributed by atoms with Gasteiger partial charge in [0, 0.05) is 32.0 Å². The fourth-order valence-electron chi connectivity index (χ4n) is 1.84. The van der Waals surface area contributed by atoms with Crippen molar-refractivity contribution in [1.82, 2.24) is 5.32 Å². The largest absolute Gasteiger partial charge is 0.486 e. The van der Waals surface area contributed by atoms with E-state index < -0.39 is 0 Å². The van der Waals surface area contributed by atoms with Crippen LogP contribution in [0, 0.1) is 0 Å². The van der Waals surface area contributed by atoms with Crippen LogP contribution in [0.3, 0.4) is 0 Å². The van der Waals surface area contributed by atoms with Gasteiger partial charge in [-0.3, -0.25) is 4.79 Å². The zero-order valence-electron chi connectivity index (χ0n) is 11.6. The van der Waals surface area contributed by atoms with Crippen LogP contribution in [0.25, 0.3) is 0 Å². The Bertz CT molecular complexity index is 451. The van der Waals surface area contributed by atoms with Crippen LogP contribution in [0.1, 0.15) is 6.42 Å². The first-order valence-electron chi connectivity index (χ1n) is 6.69. The van der Waals surface area contributed by atoms with Gasteiger partial charge in [-0.25, -0.2) is 0 Å². The topological polar surface area (TPSA) is 68.8 Å². The molecule has 0 saturated heterocycles. The molecule has 20 heavy (non-hydrogen) atoms. The molecule has 0 spiro atoms. The van der Waals surface area contributed by atoms with E-state index in [1.807, 2.05) is 18.2 Å². The first-order chi connectivity index (χ1) is 9.79. The number of ether oxygens (including phenoxy) is 3. The van der Waals surface area contributed by atoms with Crippen molar-refractivity contribution in [3.63, 3.8) is 0 Å². The highest BCUT2D eigenvalue weighted by Gasteiger charge is 2.11. The highest BCUT2D eigenvalue weighted by atomic mass is 16.6. The van der Waals surface area contributed by atoms with Crippen molar-refractivity contribution in [3.05, 3.63) is 18.2 Å². The third-order valence-corrected chi connectivity index (χ3v) is 2.84. The van der Waals surface area contributed by atoms with Gasteiger partial charge in [0.25, 0.3) is 0 Å². The first kappa shape index (κ1) is 14.5. The molecule has 0 bridgehead atoms. The van der Waals surface area contributed by atoms with Gasteiger partial charge in [-0.15, -0.1) is 0 Å². The van der Waals surface area contributed by atoms with Crippen LogP contribution < -0.4 is 20.1 Å². The summed E-state index contributed by atoms with van der Waals surface area (Å²) in [7, 11) is 1.64. The van der Waals surface area contributed by atoms with E-state index in [4.69, 9.17) is 14.2 Å². The number of rotatable bonds is 7. The number of hydrogen-bond donors (Lipinski definition) is 2. The fraction of sp³-hybridized carbons (Fsp3) is 0.500. The van der Waals surface area contributed by atoms with Crippen LogP contribution in [-0.2, 0) is 9.53 Å². The Labute approximate surface area is 118 Å². The third-order valence-electron chi connectivity index (χ3n) is 2.84. The zero-order valence-corrected chi connectivity index (χ0v) is 11.6. The van der Waals surface area contributed by atoms with Gasteiger partial charge in [0.05, 0.1) is 6.54 Å². The van der Waals surface area contributed by atoms with E-state index in [-0.39, 0.29) is 12.5 Å². The minimum atomic E-state index is -0.0454. The predicted molar refractivity (Wildman–Crippen MR) is 75.4 cm³/mol. The number of carbonyl (C=O) groups excluding carboxylic acids is 1. The van der Waals surface area contributed by atoms with Crippen molar-refractivity contribution in [3.8, 4) is 11.5 Å². The Morgan fingerprint density at radius 3 is 2.90 bits per heavy atom. The Hall–Kier alpha value is -1.95. The molecule has 6 nitrogen and oxygen atoms in total. The van der Waals surface area contributed by atoms with Gasteiger partial charge in [-0.2, -0.15) is 0 Å². The molecule has 1 heterocycles. The SMILES string of the molecule is COCCCNC(=O)CNc1ccc2c(c1)OCCO2. The minimum Gasteiger partial charge on any atom is -0.486 e. The van der Waals surface area contributed by atoms with E-state index in [9.17, 15) is 4.79 Å². The first-order valence-corrected chi connectivity index (χ1v) is 6.69. The molecule has 2 N–H and O–H groups in total. The molecule has 0 radical (unpaired) electrons. The normalized spacial score (nSPS) is 12.8. The second-order valence-corrected chi connectivity index (χ2v) is 4.41. The van der Waals surface area contributed by atoms with E-state index in [1.165, 1.54) is 0 Å². The Balaban J connectivity index is 1.74. The Morgan fingerprint density at radius 1 is 1.30 bits per heavy atom. The van der Waals surface area contributed by atoms with Crippen molar-refractivity contribution in [2.45, 2.75) is 6.42 Å². The smallest absolute Gasteiger partial charge is 0.239 e. The average Bonchev–Trinajstić information content (AvgIpc) is 2.49. The summed E-state index contributed by atoms with van der Waals surface area (Å²) < 4.78 is 15.8.